The highest BCUT2D eigenvalue weighted by Gasteiger charge is 2.19. The Morgan fingerprint density at radius 1 is 1.26 bits per heavy atom. The van der Waals surface area contributed by atoms with E-state index in [-0.39, 0.29) is 0 Å². The third-order valence-corrected chi connectivity index (χ3v) is 4.81. The quantitative estimate of drug-likeness (QED) is 0.911. The maximum atomic E-state index is 5.74. The summed E-state index contributed by atoms with van der Waals surface area (Å²) in [6, 6.07) is 0. The van der Waals surface area contributed by atoms with Gasteiger partial charge in [-0.2, -0.15) is 0 Å². The largest absolute Gasteiger partial charge is 0.375 e. The number of nitrogen functional groups attached to an aromatic ring is 1. The summed E-state index contributed by atoms with van der Waals surface area (Å²) in [5, 5.41) is 3.71. The van der Waals surface area contributed by atoms with Gasteiger partial charge in [0.25, 0.3) is 0 Å². The summed E-state index contributed by atoms with van der Waals surface area (Å²) in [6.07, 6.45) is 0. The van der Waals surface area contributed by atoms with Crippen LogP contribution in [0.1, 0.15) is 39.3 Å². The molecule has 19 heavy (non-hydrogen) atoms. The molecule has 0 saturated heterocycles. The van der Waals surface area contributed by atoms with E-state index in [4.69, 9.17) is 10.7 Å². The summed E-state index contributed by atoms with van der Waals surface area (Å²) in [4.78, 5) is 12.6. The lowest BCUT2D eigenvalue weighted by atomic mass is 10.1. The molecule has 4 nitrogen and oxygen atoms in total. The van der Waals surface area contributed by atoms with Crippen LogP contribution in [0.2, 0.25) is 0 Å². The van der Waals surface area contributed by atoms with E-state index < -0.39 is 0 Å². The van der Waals surface area contributed by atoms with Crippen LogP contribution >= 0.6 is 22.7 Å². The highest BCUT2D eigenvalue weighted by molar-refractivity contribution is 7.19. The fraction of sp³-hybridized carbons (Fsp3) is 0.538. The second-order valence-corrected chi connectivity index (χ2v) is 6.48. The van der Waals surface area contributed by atoms with Gasteiger partial charge in [-0.05, 0) is 19.8 Å². The molecule has 0 radical (unpaired) electrons. The number of thiazole rings is 2. The van der Waals surface area contributed by atoms with E-state index in [1.807, 2.05) is 5.38 Å². The smallest absolute Gasteiger partial charge is 0.186 e. The topological polar surface area (TPSA) is 55.0 Å². The van der Waals surface area contributed by atoms with Crippen LogP contribution in [0.4, 0.5) is 10.3 Å². The SMILES string of the molecule is CCN(CC)c1nc(C(C)C)c(-c2csc(N)n2)s1. The number of rotatable bonds is 5. The zero-order valence-corrected chi connectivity index (χ0v) is 13.4. The molecule has 0 atom stereocenters. The second kappa shape index (κ2) is 5.88. The molecule has 0 aliphatic heterocycles. The van der Waals surface area contributed by atoms with Gasteiger partial charge in [0.2, 0.25) is 0 Å². The van der Waals surface area contributed by atoms with E-state index in [1.54, 1.807) is 11.3 Å². The third-order valence-electron chi connectivity index (χ3n) is 2.98. The Labute approximate surface area is 122 Å². The first-order valence-corrected chi connectivity index (χ1v) is 8.23. The summed E-state index contributed by atoms with van der Waals surface area (Å²) in [5.41, 5.74) is 7.82. The van der Waals surface area contributed by atoms with Crippen LogP contribution in [0.25, 0.3) is 10.6 Å². The Hall–Kier alpha value is -1.14. The van der Waals surface area contributed by atoms with Gasteiger partial charge in [-0.3, -0.25) is 0 Å². The van der Waals surface area contributed by atoms with Crippen molar-refractivity contribution in [1.82, 2.24) is 9.97 Å². The van der Waals surface area contributed by atoms with Crippen molar-refractivity contribution in [3.8, 4) is 10.6 Å². The van der Waals surface area contributed by atoms with Gasteiger partial charge < -0.3 is 10.6 Å². The molecule has 2 rings (SSSR count). The van der Waals surface area contributed by atoms with Gasteiger partial charge in [0, 0.05) is 18.5 Å². The number of hydrogen-bond donors (Lipinski definition) is 1. The van der Waals surface area contributed by atoms with E-state index in [9.17, 15) is 0 Å². The number of aromatic nitrogens is 2. The lowest BCUT2D eigenvalue weighted by Crippen LogP contribution is -2.21. The normalized spacial score (nSPS) is 11.2. The molecule has 6 heteroatoms. The van der Waals surface area contributed by atoms with Crippen molar-refractivity contribution in [2.75, 3.05) is 23.7 Å². The van der Waals surface area contributed by atoms with Crippen LogP contribution in [0.3, 0.4) is 0 Å². The van der Waals surface area contributed by atoms with Gasteiger partial charge in [-0.1, -0.05) is 25.2 Å². The molecule has 0 aliphatic carbocycles. The summed E-state index contributed by atoms with van der Waals surface area (Å²) in [7, 11) is 0. The van der Waals surface area contributed by atoms with Crippen molar-refractivity contribution in [2.45, 2.75) is 33.6 Å². The van der Waals surface area contributed by atoms with Crippen molar-refractivity contribution in [2.24, 2.45) is 0 Å². The molecule has 2 aromatic heterocycles. The Morgan fingerprint density at radius 2 is 1.95 bits per heavy atom. The van der Waals surface area contributed by atoms with Crippen LogP contribution < -0.4 is 10.6 Å². The Morgan fingerprint density at radius 3 is 2.42 bits per heavy atom. The number of hydrogen-bond acceptors (Lipinski definition) is 6. The van der Waals surface area contributed by atoms with Crippen LogP contribution in [-0.2, 0) is 0 Å². The molecule has 0 saturated carbocycles. The molecule has 0 amide bonds. The highest BCUT2D eigenvalue weighted by atomic mass is 32.1. The molecule has 2 N–H and O–H groups in total. The van der Waals surface area contributed by atoms with E-state index >= 15 is 0 Å². The maximum Gasteiger partial charge on any atom is 0.186 e. The average Bonchev–Trinajstić information content (AvgIpc) is 2.97. The van der Waals surface area contributed by atoms with E-state index in [0.29, 0.717) is 11.0 Å². The first-order chi connectivity index (χ1) is 9.06. The van der Waals surface area contributed by atoms with E-state index in [2.05, 4.69) is 37.6 Å². The molecule has 2 heterocycles. The molecular formula is C13H20N4S2. The van der Waals surface area contributed by atoms with Crippen LogP contribution in [0.15, 0.2) is 5.38 Å². The lowest BCUT2D eigenvalue weighted by Gasteiger charge is -2.16. The first-order valence-electron chi connectivity index (χ1n) is 6.53. The van der Waals surface area contributed by atoms with Gasteiger partial charge in [-0.15, -0.1) is 11.3 Å². The number of nitrogens with zero attached hydrogens (tertiary/aromatic N) is 3. The van der Waals surface area contributed by atoms with Crippen molar-refractivity contribution in [1.29, 1.82) is 0 Å². The Balaban J connectivity index is 2.47. The minimum atomic E-state index is 0.387. The van der Waals surface area contributed by atoms with Gasteiger partial charge in [0.1, 0.15) is 0 Å². The van der Waals surface area contributed by atoms with Gasteiger partial charge in [0.15, 0.2) is 10.3 Å². The lowest BCUT2D eigenvalue weighted by molar-refractivity contribution is 0.812. The summed E-state index contributed by atoms with van der Waals surface area (Å²) >= 11 is 3.20. The number of nitrogens with two attached hydrogens (primary N) is 1. The molecular weight excluding hydrogens is 276 g/mol. The monoisotopic (exact) mass is 296 g/mol. The van der Waals surface area contributed by atoms with E-state index in [1.165, 1.54) is 11.3 Å². The molecule has 0 unspecified atom stereocenters. The van der Waals surface area contributed by atoms with Crippen LogP contribution in [0.5, 0.6) is 0 Å². The minimum absolute atomic E-state index is 0.387. The van der Waals surface area contributed by atoms with E-state index in [0.717, 1.165) is 34.5 Å². The Bertz CT molecular complexity index is 541. The molecule has 0 spiro atoms. The summed E-state index contributed by atoms with van der Waals surface area (Å²) < 4.78 is 0. The van der Waals surface area contributed by atoms with Crippen molar-refractivity contribution in [3.63, 3.8) is 0 Å². The van der Waals surface area contributed by atoms with Crippen LogP contribution in [-0.4, -0.2) is 23.1 Å². The molecule has 0 bridgehead atoms. The summed E-state index contributed by atoms with van der Waals surface area (Å²) in [6.45, 7) is 10.6. The first kappa shape index (κ1) is 14.3. The average molecular weight is 296 g/mol. The van der Waals surface area contributed by atoms with Crippen molar-refractivity contribution in [3.05, 3.63) is 11.1 Å². The molecule has 104 valence electrons. The zero-order valence-electron chi connectivity index (χ0n) is 11.8. The van der Waals surface area contributed by atoms with Crippen LogP contribution in [0, 0.1) is 0 Å². The van der Waals surface area contributed by atoms with Crippen molar-refractivity contribution < 1.29 is 0 Å². The maximum absolute atomic E-state index is 5.74. The summed E-state index contributed by atoms with van der Waals surface area (Å²) in [5.74, 6) is 0.387. The highest BCUT2D eigenvalue weighted by Crippen LogP contribution is 2.38. The molecule has 0 fully saturated rings. The fourth-order valence-electron chi connectivity index (χ4n) is 1.92. The molecule has 0 aromatic carbocycles. The molecule has 0 aliphatic rings. The second-order valence-electron chi connectivity index (χ2n) is 4.61. The van der Waals surface area contributed by atoms with Gasteiger partial charge in [0.05, 0.1) is 16.3 Å². The standard InChI is InChI=1S/C13H20N4S2/c1-5-17(6-2)13-16-10(8(3)4)11(19-13)9-7-18-12(14)15-9/h7-8H,5-6H2,1-4H3,(H2,14,15). The zero-order chi connectivity index (χ0) is 14.0. The predicted octanol–water partition coefficient (Wildman–Crippen LogP) is 3.82. The predicted molar refractivity (Wildman–Crippen MR) is 85.3 cm³/mol. The fourth-order valence-corrected chi connectivity index (χ4v) is 3.85. The minimum Gasteiger partial charge on any atom is -0.375 e. The Kier molecular flexibility index (Phi) is 4.42. The van der Waals surface area contributed by atoms with Gasteiger partial charge in [-0.25, -0.2) is 9.97 Å². The molecule has 2 aromatic rings. The number of anilines is 2. The third kappa shape index (κ3) is 2.90. The van der Waals surface area contributed by atoms with Crippen molar-refractivity contribution >= 4 is 32.9 Å². The van der Waals surface area contributed by atoms with Gasteiger partial charge >= 0.3 is 0 Å².